The topological polar surface area (TPSA) is 15.3 Å². The lowest BCUT2D eigenvalue weighted by molar-refractivity contribution is 0.181. The van der Waals surface area contributed by atoms with Gasteiger partial charge in [-0.15, -0.1) is 12.4 Å². The smallest absolute Gasteiger partial charge is 0.0108 e. The van der Waals surface area contributed by atoms with E-state index in [1.165, 1.54) is 51.9 Å². The van der Waals surface area contributed by atoms with Crippen LogP contribution < -0.4 is 5.32 Å². The zero-order valence-electron chi connectivity index (χ0n) is 10.7. The van der Waals surface area contributed by atoms with Gasteiger partial charge in [0.15, 0.2) is 0 Å². The molecule has 0 bridgehead atoms. The number of nitrogens with one attached hydrogen (secondary N) is 1. The fourth-order valence-electron chi connectivity index (χ4n) is 2.86. The van der Waals surface area contributed by atoms with Crippen LogP contribution in [0.5, 0.6) is 0 Å². The first-order valence-electron chi connectivity index (χ1n) is 6.76. The van der Waals surface area contributed by atoms with Gasteiger partial charge in [0.2, 0.25) is 0 Å². The molecule has 0 aromatic heterocycles. The van der Waals surface area contributed by atoms with E-state index in [-0.39, 0.29) is 12.4 Å². The van der Waals surface area contributed by atoms with Crippen molar-refractivity contribution in [2.45, 2.75) is 45.6 Å². The number of hydrogen-bond acceptors (Lipinski definition) is 2. The Kier molecular flexibility index (Phi) is 6.09. The first kappa shape index (κ1) is 14.3. The Hall–Kier alpha value is 0.210. The minimum atomic E-state index is 0. The molecule has 2 fully saturated rings. The van der Waals surface area contributed by atoms with E-state index in [1.807, 2.05) is 0 Å². The molecule has 2 rings (SSSR count). The van der Waals surface area contributed by atoms with Gasteiger partial charge >= 0.3 is 0 Å². The van der Waals surface area contributed by atoms with Crippen LogP contribution in [0, 0.1) is 11.8 Å². The second kappa shape index (κ2) is 6.83. The van der Waals surface area contributed by atoms with Crippen LogP contribution in [-0.4, -0.2) is 37.1 Å². The van der Waals surface area contributed by atoms with Crippen molar-refractivity contribution in [1.82, 2.24) is 10.2 Å². The molecule has 3 unspecified atom stereocenters. The Morgan fingerprint density at radius 1 is 1.25 bits per heavy atom. The Morgan fingerprint density at radius 2 is 2.00 bits per heavy atom. The van der Waals surface area contributed by atoms with Gasteiger partial charge in [0, 0.05) is 12.6 Å². The highest BCUT2D eigenvalue weighted by molar-refractivity contribution is 5.85. The van der Waals surface area contributed by atoms with Gasteiger partial charge in [-0.1, -0.05) is 13.8 Å². The average Bonchev–Trinajstić information content (AvgIpc) is 2.98. The van der Waals surface area contributed by atoms with Crippen LogP contribution in [0.3, 0.4) is 0 Å². The third-order valence-corrected chi connectivity index (χ3v) is 4.21. The van der Waals surface area contributed by atoms with Gasteiger partial charge in [0.25, 0.3) is 0 Å². The van der Waals surface area contributed by atoms with E-state index in [2.05, 4.69) is 24.1 Å². The maximum Gasteiger partial charge on any atom is 0.0108 e. The van der Waals surface area contributed by atoms with Gasteiger partial charge in [0.05, 0.1) is 0 Å². The van der Waals surface area contributed by atoms with E-state index in [9.17, 15) is 0 Å². The standard InChI is InChI=1S/C13H26N2.ClH/c1-3-15(10-12-9-11(12)2)13-5-4-7-14-8-6-13;/h11-14H,3-10H2,1-2H3;1H. The summed E-state index contributed by atoms with van der Waals surface area (Å²) in [5.41, 5.74) is 0. The summed E-state index contributed by atoms with van der Waals surface area (Å²) < 4.78 is 0. The third-order valence-electron chi connectivity index (χ3n) is 4.21. The Balaban J connectivity index is 0.00000128. The van der Waals surface area contributed by atoms with Crippen LogP contribution >= 0.6 is 12.4 Å². The first-order chi connectivity index (χ1) is 7.31. The van der Waals surface area contributed by atoms with Crippen LogP contribution in [0.2, 0.25) is 0 Å². The lowest BCUT2D eigenvalue weighted by Crippen LogP contribution is -2.37. The zero-order valence-corrected chi connectivity index (χ0v) is 11.6. The minimum Gasteiger partial charge on any atom is -0.317 e. The van der Waals surface area contributed by atoms with Crippen molar-refractivity contribution in [2.75, 3.05) is 26.2 Å². The van der Waals surface area contributed by atoms with Crippen molar-refractivity contribution < 1.29 is 0 Å². The predicted octanol–water partition coefficient (Wildman–Crippen LogP) is 2.53. The molecule has 0 aromatic carbocycles. The summed E-state index contributed by atoms with van der Waals surface area (Å²) in [6, 6.07) is 0.859. The molecule has 0 amide bonds. The van der Waals surface area contributed by atoms with E-state index < -0.39 is 0 Å². The summed E-state index contributed by atoms with van der Waals surface area (Å²) in [5, 5.41) is 3.51. The van der Waals surface area contributed by atoms with Crippen molar-refractivity contribution in [1.29, 1.82) is 0 Å². The van der Waals surface area contributed by atoms with Gasteiger partial charge in [-0.05, 0) is 57.2 Å². The quantitative estimate of drug-likeness (QED) is 0.820. The van der Waals surface area contributed by atoms with Gasteiger partial charge in [0.1, 0.15) is 0 Å². The molecular formula is C13H27ClN2. The molecule has 2 aliphatic rings. The molecule has 2 nitrogen and oxygen atoms in total. The zero-order chi connectivity index (χ0) is 10.7. The van der Waals surface area contributed by atoms with E-state index >= 15 is 0 Å². The van der Waals surface area contributed by atoms with Crippen LogP contribution in [0.15, 0.2) is 0 Å². The Morgan fingerprint density at radius 3 is 2.62 bits per heavy atom. The lowest BCUT2D eigenvalue weighted by Gasteiger charge is -2.30. The van der Waals surface area contributed by atoms with Crippen LogP contribution in [0.25, 0.3) is 0 Å². The molecule has 3 heteroatoms. The van der Waals surface area contributed by atoms with E-state index in [1.54, 1.807) is 0 Å². The molecule has 0 aromatic rings. The Bertz CT molecular complexity index is 190. The van der Waals surface area contributed by atoms with Gasteiger partial charge in [-0.3, -0.25) is 0 Å². The maximum absolute atomic E-state index is 3.51. The summed E-state index contributed by atoms with van der Waals surface area (Å²) in [5.74, 6) is 2.02. The van der Waals surface area contributed by atoms with Crippen molar-refractivity contribution >= 4 is 12.4 Å². The minimum absolute atomic E-state index is 0. The number of nitrogens with zero attached hydrogens (tertiary/aromatic N) is 1. The molecule has 1 saturated heterocycles. The highest BCUT2D eigenvalue weighted by atomic mass is 35.5. The molecule has 0 radical (unpaired) electrons. The fourth-order valence-corrected chi connectivity index (χ4v) is 2.86. The molecule has 96 valence electrons. The van der Waals surface area contributed by atoms with Crippen LogP contribution in [-0.2, 0) is 0 Å². The summed E-state index contributed by atoms with van der Waals surface area (Å²) in [7, 11) is 0. The van der Waals surface area contributed by atoms with E-state index in [4.69, 9.17) is 0 Å². The van der Waals surface area contributed by atoms with Crippen LogP contribution in [0.1, 0.15) is 39.5 Å². The third kappa shape index (κ3) is 3.90. The summed E-state index contributed by atoms with van der Waals surface area (Å²) in [6.07, 6.45) is 5.60. The molecule has 1 aliphatic heterocycles. The van der Waals surface area contributed by atoms with Gasteiger partial charge < -0.3 is 10.2 Å². The van der Waals surface area contributed by atoms with Crippen molar-refractivity contribution in [3.05, 3.63) is 0 Å². The normalized spacial score (nSPS) is 34.3. The average molecular weight is 247 g/mol. The second-order valence-corrected chi connectivity index (χ2v) is 5.40. The SMILES string of the molecule is CCN(CC1CC1C)C1CCCNCC1.Cl. The first-order valence-corrected chi connectivity index (χ1v) is 6.76. The summed E-state index contributed by atoms with van der Waals surface area (Å²) in [6.45, 7) is 9.78. The van der Waals surface area contributed by atoms with Crippen molar-refractivity contribution in [2.24, 2.45) is 11.8 Å². The van der Waals surface area contributed by atoms with E-state index in [0.29, 0.717) is 0 Å². The second-order valence-electron chi connectivity index (χ2n) is 5.40. The lowest BCUT2D eigenvalue weighted by atomic mass is 10.1. The number of halogens is 1. The molecule has 1 N–H and O–H groups in total. The van der Waals surface area contributed by atoms with Gasteiger partial charge in [-0.25, -0.2) is 0 Å². The fraction of sp³-hybridized carbons (Fsp3) is 1.00. The predicted molar refractivity (Wildman–Crippen MR) is 72.3 cm³/mol. The highest BCUT2D eigenvalue weighted by Gasteiger charge is 2.35. The van der Waals surface area contributed by atoms with Crippen molar-refractivity contribution in [3.63, 3.8) is 0 Å². The largest absolute Gasteiger partial charge is 0.317 e. The molecule has 1 aliphatic carbocycles. The molecule has 1 saturated carbocycles. The van der Waals surface area contributed by atoms with Crippen LogP contribution in [0.4, 0.5) is 0 Å². The molecule has 0 spiro atoms. The monoisotopic (exact) mass is 246 g/mol. The molecule has 1 heterocycles. The number of hydrogen-bond donors (Lipinski definition) is 1. The highest BCUT2D eigenvalue weighted by Crippen LogP contribution is 2.38. The number of rotatable bonds is 4. The maximum atomic E-state index is 3.51. The van der Waals surface area contributed by atoms with Gasteiger partial charge in [-0.2, -0.15) is 0 Å². The van der Waals surface area contributed by atoms with Crippen molar-refractivity contribution in [3.8, 4) is 0 Å². The summed E-state index contributed by atoms with van der Waals surface area (Å²) >= 11 is 0. The molecule has 16 heavy (non-hydrogen) atoms. The molecular weight excluding hydrogens is 220 g/mol. The molecule has 3 atom stereocenters. The van der Waals surface area contributed by atoms with E-state index in [0.717, 1.165) is 17.9 Å². The Labute approximate surface area is 107 Å². The summed E-state index contributed by atoms with van der Waals surface area (Å²) in [4.78, 5) is 2.74.